The number of nitrogens with zero attached hydrogens (tertiary/aromatic N) is 3. The number of hydrogen-bond donors (Lipinski definition) is 2. The number of para-hydroxylation sites is 1. The van der Waals surface area contributed by atoms with Crippen LogP contribution in [0.4, 0.5) is 11.5 Å². The first-order valence-electron chi connectivity index (χ1n) is 10.3. The average molecular weight is 424 g/mol. The van der Waals surface area contributed by atoms with Crippen LogP contribution in [0.15, 0.2) is 42.5 Å². The Hall–Kier alpha value is -3.39. The summed E-state index contributed by atoms with van der Waals surface area (Å²) in [5, 5.41) is 0.942. The summed E-state index contributed by atoms with van der Waals surface area (Å²) in [6.45, 7) is 3.93. The van der Waals surface area contributed by atoms with Gasteiger partial charge >= 0.3 is 0 Å². The Kier molecular flexibility index (Phi) is 7.25. The number of hydrogen-bond acceptors (Lipinski definition) is 7. The van der Waals surface area contributed by atoms with Crippen molar-refractivity contribution < 1.29 is 14.3 Å². The Morgan fingerprint density at radius 2 is 1.97 bits per heavy atom. The van der Waals surface area contributed by atoms with E-state index in [1.165, 1.54) is 0 Å². The van der Waals surface area contributed by atoms with Crippen LogP contribution in [0.5, 0.6) is 11.5 Å². The predicted octanol–water partition coefficient (Wildman–Crippen LogP) is 3.64. The number of methoxy groups -OCH3 is 1. The van der Waals surface area contributed by atoms with E-state index in [1.54, 1.807) is 7.11 Å². The van der Waals surface area contributed by atoms with Gasteiger partial charge in [-0.1, -0.05) is 25.5 Å². The molecule has 0 aliphatic rings. The molecule has 31 heavy (non-hydrogen) atoms. The molecule has 1 atom stereocenters. The van der Waals surface area contributed by atoms with Gasteiger partial charge in [-0.05, 0) is 44.0 Å². The summed E-state index contributed by atoms with van der Waals surface area (Å²) < 4.78 is 11.5. The average Bonchev–Trinajstić information content (AvgIpc) is 2.79. The number of ether oxygens (including phenoxy) is 2. The number of amides is 1. The summed E-state index contributed by atoms with van der Waals surface area (Å²) in [7, 11) is 3.50. The molecule has 1 aromatic heterocycles. The van der Waals surface area contributed by atoms with Gasteiger partial charge in [-0.25, -0.2) is 15.8 Å². The normalized spacial score (nSPS) is 11.8. The number of nitrogens with one attached hydrogen (secondary N) is 1. The second-order valence-electron chi connectivity index (χ2n) is 7.26. The number of aryl methyl sites for hydroxylation is 1. The highest BCUT2D eigenvalue weighted by molar-refractivity contribution is 5.91. The summed E-state index contributed by atoms with van der Waals surface area (Å²) >= 11 is 0. The molecule has 3 rings (SSSR count). The maximum absolute atomic E-state index is 12.2. The molecular formula is C23H29N5O3. The number of anilines is 2. The van der Waals surface area contributed by atoms with Crippen molar-refractivity contribution >= 4 is 28.3 Å². The van der Waals surface area contributed by atoms with Crippen LogP contribution in [0.25, 0.3) is 10.9 Å². The lowest BCUT2D eigenvalue weighted by Crippen LogP contribution is -2.42. The van der Waals surface area contributed by atoms with Crippen molar-refractivity contribution in [3.05, 3.63) is 48.3 Å². The van der Waals surface area contributed by atoms with E-state index in [0.717, 1.165) is 35.2 Å². The number of hydrazine groups is 1. The molecular weight excluding hydrogens is 394 g/mol. The molecule has 0 saturated heterocycles. The highest BCUT2D eigenvalue weighted by Crippen LogP contribution is 2.36. The topological polar surface area (TPSA) is 103 Å². The Morgan fingerprint density at radius 1 is 1.19 bits per heavy atom. The molecule has 0 aliphatic carbocycles. The third kappa shape index (κ3) is 5.03. The molecule has 0 radical (unpaired) electrons. The quantitative estimate of drug-likeness (QED) is 0.308. The lowest BCUT2D eigenvalue weighted by Gasteiger charge is -2.23. The van der Waals surface area contributed by atoms with E-state index >= 15 is 0 Å². The number of benzene rings is 2. The van der Waals surface area contributed by atoms with Gasteiger partial charge < -0.3 is 14.4 Å². The molecule has 8 heteroatoms. The first-order chi connectivity index (χ1) is 15.0. The first kappa shape index (κ1) is 22.3. The molecule has 0 fully saturated rings. The van der Waals surface area contributed by atoms with Gasteiger partial charge in [0.2, 0.25) is 0 Å². The van der Waals surface area contributed by atoms with Gasteiger partial charge in [-0.3, -0.25) is 10.2 Å². The molecule has 0 saturated carbocycles. The van der Waals surface area contributed by atoms with Gasteiger partial charge in [0.25, 0.3) is 5.91 Å². The number of carbonyl (C=O) groups is 1. The van der Waals surface area contributed by atoms with E-state index in [-0.39, 0.29) is 5.91 Å². The molecule has 1 unspecified atom stereocenters. The highest BCUT2D eigenvalue weighted by Gasteiger charge is 2.22. The van der Waals surface area contributed by atoms with Crippen LogP contribution in [0.1, 0.15) is 32.0 Å². The smallest absolute Gasteiger partial charge is 0.274 e. The summed E-state index contributed by atoms with van der Waals surface area (Å²) in [5.41, 5.74) is 3.90. The van der Waals surface area contributed by atoms with Gasteiger partial charge in [0.1, 0.15) is 11.6 Å². The van der Waals surface area contributed by atoms with E-state index in [0.29, 0.717) is 23.7 Å². The highest BCUT2D eigenvalue weighted by atomic mass is 16.5. The fraction of sp³-hybridized carbons (Fsp3) is 0.348. The molecule has 8 nitrogen and oxygen atoms in total. The number of carbonyl (C=O) groups excluding carboxylic acids is 1. The molecule has 0 spiro atoms. The second-order valence-corrected chi connectivity index (χ2v) is 7.26. The Balaban J connectivity index is 1.99. The van der Waals surface area contributed by atoms with Crippen molar-refractivity contribution in [1.82, 2.24) is 15.4 Å². The molecule has 0 bridgehead atoms. The molecule has 0 aliphatic heterocycles. The molecule has 1 heterocycles. The van der Waals surface area contributed by atoms with Gasteiger partial charge in [0, 0.05) is 24.2 Å². The predicted molar refractivity (Wildman–Crippen MR) is 122 cm³/mol. The number of unbranched alkanes of at least 4 members (excludes halogenated alkanes) is 1. The molecule has 2 aromatic carbocycles. The van der Waals surface area contributed by atoms with Crippen molar-refractivity contribution in [1.29, 1.82) is 0 Å². The maximum atomic E-state index is 12.2. The van der Waals surface area contributed by atoms with Gasteiger partial charge in [0.05, 0.1) is 12.6 Å². The zero-order valence-electron chi connectivity index (χ0n) is 18.4. The standard InChI is InChI=1S/C23H29N5O3/c1-5-6-11-20(23(29)27-24)31-21-14-16(12-13-19(21)30-4)28(3)22-17-9-7-8-10-18(17)25-15(2)26-22/h7-10,12-14,20H,5-6,11,24H2,1-4H3,(H,27,29). The number of fused-ring (bicyclic) bond motifs is 1. The lowest BCUT2D eigenvalue weighted by atomic mass is 10.1. The maximum Gasteiger partial charge on any atom is 0.274 e. The van der Waals surface area contributed by atoms with E-state index in [9.17, 15) is 4.79 Å². The lowest BCUT2D eigenvalue weighted by molar-refractivity contribution is -0.128. The van der Waals surface area contributed by atoms with Gasteiger partial charge in [-0.15, -0.1) is 0 Å². The van der Waals surface area contributed by atoms with Gasteiger partial charge in [0.15, 0.2) is 17.6 Å². The van der Waals surface area contributed by atoms with Crippen LogP contribution in [0.3, 0.4) is 0 Å². The van der Waals surface area contributed by atoms with Gasteiger partial charge in [-0.2, -0.15) is 0 Å². The minimum Gasteiger partial charge on any atom is -0.493 e. The summed E-state index contributed by atoms with van der Waals surface area (Å²) in [4.78, 5) is 23.4. The summed E-state index contributed by atoms with van der Waals surface area (Å²) in [6, 6.07) is 13.5. The third-order valence-electron chi connectivity index (χ3n) is 5.07. The van der Waals surface area contributed by atoms with E-state index < -0.39 is 6.10 Å². The van der Waals surface area contributed by atoms with Crippen LogP contribution < -0.4 is 25.6 Å². The van der Waals surface area contributed by atoms with Crippen molar-refractivity contribution in [2.75, 3.05) is 19.1 Å². The summed E-state index contributed by atoms with van der Waals surface area (Å²) in [5.74, 6) is 7.45. The molecule has 3 N–H and O–H groups in total. The van der Waals surface area contributed by atoms with Crippen molar-refractivity contribution in [2.45, 2.75) is 39.2 Å². The van der Waals surface area contributed by atoms with E-state index in [2.05, 4.69) is 22.3 Å². The number of rotatable bonds is 9. The van der Waals surface area contributed by atoms with Crippen molar-refractivity contribution in [2.24, 2.45) is 5.84 Å². The summed E-state index contributed by atoms with van der Waals surface area (Å²) in [6.07, 6.45) is 1.63. The number of aromatic nitrogens is 2. The van der Waals surface area contributed by atoms with Crippen LogP contribution in [-0.2, 0) is 4.79 Å². The second kappa shape index (κ2) is 10.1. The van der Waals surface area contributed by atoms with Crippen molar-refractivity contribution in [3.63, 3.8) is 0 Å². The first-order valence-corrected chi connectivity index (χ1v) is 10.3. The van der Waals surface area contributed by atoms with E-state index in [1.807, 2.05) is 61.3 Å². The third-order valence-corrected chi connectivity index (χ3v) is 5.07. The minimum absolute atomic E-state index is 0.369. The fourth-order valence-electron chi connectivity index (χ4n) is 3.40. The molecule has 3 aromatic rings. The zero-order chi connectivity index (χ0) is 22.4. The van der Waals surface area contributed by atoms with Crippen LogP contribution in [0, 0.1) is 6.92 Å². The zero-order valence-corrected chi connectivity index (χ0v) is 18.4. The molecule has 1 amide bonds. The Labute approximate surface area is 182 Å². The van der Waals surface area contributed by atoms with Crippen LogP contribution >= 0.6 is 0 Å². The largest absolute Gasteiger partial charge is 0.493 e. The Morgan fingerprint density at radius 3 is 2.68 bits per heavy atom. The Bertz CT molecular complexity index is 1060. The molecule has 164 valence electrons. The monoisotopic (exact) mass is 423 g/mol. The van der Waals surface area contributed by atoms with Crippen molar-refractivity contribution in [3.8, 4) is 11.5 Å². The van der Waals surface area contributed by atoms with E-state index in [4.69, 9.17) is 15.3 Å². The minimum atomic E-state index is -0.707. The van der Waals surface area contributed by atoms with Crippen LogP contribution in [0.2, 0.25) is 0 Å². The SMILES string of the molecule is CCCCC(Oc1cc(N(C)c2nc(C)nc3ccccc23)ccc1OC)C(=O)NN. The fourth-order valence-corrected chi connectivity index (χ4v) is 3.40. The van der Waals surface area contributed by atoms with Crippen LogP contribution in [-0.4, -0.2) is 36.1 Å². The number of nitrogens with two attached hydrogens (primary N) is 1.